The molecule has 0 radical (unpaired) electrons. The molecule has 1 rings (SSSR count). The molecule has 0 atom stereocenters. The summed E-state index contributed by atoms with van der Waals surface area (Å²) in [6.07, 6.45) is -0.537. The summed E-state index contributed by atoms with van der Waals surface area (Å²) in [6.45, 7) is 2.21. The largest absolute Gasteiger partial charge is 0.415 e. The number of benzene rings is 1. The first-order chi connectivity index (χ1) is 8.17. The zero-order valence-electron chi connectivity index (χ0n) is 9.54. The molecule has 0 saturated heterocycles. The van der Waals surface area contributed by atoms with E-state index in [4.69, 9.17) is 15.7 Å². The van der Waals surface area contributed by atoms with Crippen molar-refractivity contribution in [3.05, 3.63) is 30.3 Å². The van der Waals surface area contributed by atoms with Gasteiger partial charge in [-0.15, -0.1) is 0 Å². The Bertz CT molecular complexity index is 392. The number of hydrogen-bond acceptors (Lipinski definition) is 4. The van der Waals surface area contributed by atoms with Crippen molar-refractivity contribution in [3.8, 4) is 5.75 Å². The number of likely N-dealkylation sites (N-methyl/N-ethyl adjacent to an activating group) is 1. The third-order valence-electron chi connectivity index (χ3n) is 2.07. The molecule has 0 saturated carbocycles. The monoisotopic (exact) mass is 237 g/mol. The molecule has 17 heavy (non-hydrogen) atoms. The molecular weight excluding hydrogens is 222 g/mol. The van der Waals surface area contributed by atoms with Crippen LogP contribution in [0.1, 0.15) is 6.92 Å². The van der Waals surface area contributed by atoms with Crippen molar-refractivity contribution in [2.24, 2.45) is 10.9 Å². The van der Waals surface area contributed by atoms with Gasteiger partial charge >= 0.3 is 6.09 Å². The van der Waals surface area contributed by atoms with Crippen LogP contribution in [-0.2, 0) is 0 Å². The summed E-state index contributed by atoms with van der Waals surface area (Å²) in [6, 6.07) is 8.71. The quantitative estimate of drug-likeness (QED) is 0.357. The van der Waals surface area contributed by atoms with Gasteiger partial charge in [0, 0.05) is 6.54 Å². The Morgan fingerprint density at radius 2 is 2.12 bits per heavy atom. The van der Waals surface area contributed by atoms with Crippen LogP contribution in [0.3, 0.4) is 0 Å². The number of carbonyl (C=O) groups excluding carboxylic acids is 1. The van der Waals surface area contributed by atoms with Crippen molar-refractivity contribution in [2.45, 2.75) is 6.92 Å². The van der Waals surface area contributed by atoms with Crippen LogP contribution in [0.2, 0.25) is 0 Å². The lowest BCUT2D eigenvalue weighted by molar-refractivity contribution is 0.160. The number of hydrogen-bond donors (Lipinski definition) is 2. The Morgan fingerprint density at radius 1 is 1.47 bits per heavy atom. The molecule has 0 bridgehead atoms. The second-order valence-corrected chi connectivity index (χ2v) is 3.29. The average molecular weight is 237 g/mol. The summed E-state index contributed by atoms with van der Waals surface area (Å²) in [4.78, 5) is 13.0. The van der Waals surface area contributed by atoms with Crippen molar-refractivity contribution in [1.29, 1.82) is 0 Å². The summed E-state index contributed by atoms with van der Waals surface area (Å²) in [5, 5.41) is 11.2. The molecule has 0 unspecified atom stereocenters. The maximum Gasteiger partial charge on any atom is 0.415 e. The number of nitrogens with zero attached hydrogens (tertiary/aromatic N) is 2. The van der Waals surface area contributed by atoms with Gasteiger partial charge < -0.3 is 20.6 Å². The van der Waals surface area contributed by atoms with Crippen molar-refractivity contribution < 1.29 is 14.7 Å². The van der Waals surface area contributed by atoms with Gasteiger partial charge in [-0.3, -0.25) is 0 Å². The highest BCUT2D eigenvalue weighted by molar-refractivity contribution is 5.85. The summed E-state index contributed by atoms with van der Waals surface area (Å²) in [5.41, 5.74) is 5.33. The molecule has 0 aliphatic carbocycles. The van der Waals surface area contributed by atoms with Gasteiger partial charge in [0.25, 0.3) is 0 Å². The second kappa shape index (κ2) is 6.37. The molecule has 1 amide bonds. The molecule has 92 valence electrons. The topological polar surface area (TPSA) is 88.1 Å². The molecule has 1 aromatic carbocycles. The standard InChI is InChI=1S/C11H15N3O3/c1-2-14(8-10(12)13-16)11(15)17-9-6-4-3-5-7-9/h3-7,16H,2,8H2,1H3,(H2,12,13). The Labute approximate surface area is 99.3 Å². The number of nitrogens with two attached hydrogens (primary N) is 1. The summed E-state index contributed by atoms with van der Waals surface area (Å²) < 4.78 is 5.11. The van der Waals surface area contributed by atoms with Gasteiger partial charge in [-0.1, -0.05) is 23.4 Å². The fourth-order valence-electron chi connectivity index (χ4n) is 1.19. The average Bonchev–Trinajstić information content (AvgIpc) is 2.36. The Hall–Kier alpha value is -2.24. The van der Waals surface area contributed by atoms with E-state index in [-0.39, 0.29) is 12.4 Å². The van der Waals surface area contributed by atoms with Gasteiger partial charge in [-0.25, -0.2) is 4.79 Å². The summed E-state index contributed by atoms with van der Waals surface area (Å²) in [5.74, 6) is 0.410. The van der Waals surface area contributed by atoms with Gasteiger partial charge in [0.05, 0.1) is 6.54 Å². The Morgan fingerprint density at radius 3 is 2.65 bits per heavy atom. The van der Waals surface area contributed by atoms with Crippen molar-refractivity contribution in [3.63, 3.8) is 0 Å². The number of amidine groups is 1. The molecule has 0 aliphatic rings. The maximum absolute atomic E-state index is 11.7. The van der Waals surface area contributed by atoms with Crippen LogP contribution in [0.25, 0.3) is 0 Å². The van der Waals surface area contributed by atoms with Crippen LogP contribution in [-0.4, -0.2) is 35.1 Å². The molecule has 0 aliphatic heterocycles. The first-order valence-electron chi connectivity index (χ1n) is 5.15. The normalized spacial score (nSPS) is 11.0. The highest BCUT2D eigenvalue weighted by atomic mass is 16.6. The molecule has 1 aromatic rings. The van der Waals surface area contributed by atoms with E-state index in [0.717, 1.165) is 0 Å². The molecule has 0 fully saturated rings. The third-order valence-corrected chi connectivity index (χ3v) is 2.07. The van der Waals surface area contributed by atoms with Gasteiger partial charge in [0.1, 0.15) is 5.75 Å². The van der Waals surface area contributed by atoms with Gasteiger partial charge in [-0.2, -0.15) is 0 Å². The molecule has 6 heteroatoms. The first-order valence-corrected chi connectivity index (χ1v) is 5.15. The van der Waals surface area contributed by atoms with Gasteiger partial charge in [-0.05, 0) is 19.1 Å². The highest BCUT2D eigenvalue weighted by Crippen LogP contribution is 2.09. The first kappa shape index (κ1) is 12.8. The lowest BCUT2D eigenvalue weighted by atomic mass is 10.3. The van der Waals surface area contributed by atoms with Gasteiger partial charge in [0.15, 0.2) is 5.84 Å². The van der Waals surface area contributed by atoms with Gasteiger partial charge in [0.2, 0.25) is 0 Å². The number of rotatable bonds is 4. The van der Waals surface area contributed by atoms with Crippen molar-refractivity contribution >= 4 is 11.9 Å². The zero-order valence-corrected chi connectivity index (χ0v) is 9.54. The number of oxime groups is 1. The second-order valence-electron chi connectivity index (χ2n) is 3.29. The van der Waals surface area contributed by atoms with Crippen LogP contribution in [0.15, 0.2) is 35.5 Å². The van der Waals surface area contributed by atoms with Crippen LogP contribution in [0, 0.1) is 0 Å². The molecule has 6 nitrogen and oxygen atoms in total. The van der Waals surface area contributed by atoms with Crippen LogP contribution >= 0.6 is 0 Å². The minimum absolute atomic E-state index is 0.0265. The number of para-hydroxylation sites is 1. The summed E-state index contributed by atoms with van der Waals surface area (Å²) in [7, 11) is 0. The van der Waals surface area contributed by atoms with Crippen molar-refractivity contribution in [1.82, 2.24) is 4.90 Å². The van der Waals surface area contributed by atoms with E-state index in [9.17, 15) is 4.79 Å². The molecule has 3 N–H and O–H groups in total. The predicted octanol–water partition coefficient (Wildman–Crippen LogP) is 1.25. The fraction of sp³-hybridized carbons (Fsp3) is 0.273. The molecule has 0 heterocycles. The minimum Gasteiger partial charge on any atom is -0.410 e. The van der Waals surface area contributed by atoms with E-state index in [1.807, 2.05) is 6.07 Å². The molecule has 0 aromatic heterocycles. The Kier molecular flexibility index (Phi) is 4.80. The number of amides is 1. The van der Waals surface area contributed by atoms with E-state index >= 15 is 0 Å². The van der Waals surface area contributed by atoms with E-state index < -0.39 is 6.09 Å². The van der Waals surface area contributed by atoms with Crippen LogP contribution < -0.4 is 10.5 Å². The maximum atomic E-state index is 11.7. The zero-order chi connectivity index (χ0) is 12.7. The van der Waals surface area contributed by atoms with Crippen LogP contribution in [0.5, 0.6) is 5.75 Å². The summed E-state index contributed by atoms with van der Waals surface area (Å²) >= 11 is 0. The minimum atomic E-state index is -0.537. The predicted molar refractivity (Wildman–Crippen MR) is 63.1 cm³/mol. The highest BCUT2D eigenvalue weighted by Gasteiger charge is 2.15. The van der Waals surface area contributed by atoms with Crippen LogP contribution in [0.4, 0.5) is 4.79 Å². The van der Waals surface area contributed by atoms with Crippen molar-refractivity contribution in [2.75, 3.05) is 13.1 Å². The molecular formula is C11H15N3O3. The van der Waals surface area contributed by atoms with E-state index in [1.165, 1.54) is 4.90 Å². The fourth-order valence-corrected chi connectivity index (χ4v) is 1.19. The number of ether oxygens (including phenoxy) is 1. The third kappa shape index (κ3) is 4.02. The molecule has 0 spiro atoms. The van der Waals surface area contributed by atoms with E-state index in [2.05, 4.69) is 5.16 Å². The van der Waals surface area contributed by atoms with E-state index in [0.29, 0.717) is 12.3 Å². The smallest absolute Gasteiger partial charge is 0.410 e. The lowest BCUT2D eigenvalue weighted by Crippen LogP contribution is -2.40. The lowest BCUT2D eigenvalue weighted by Gasteiger charge is -2.19. The number of carbonyl (C=O) groups is 1. The SMILES string of the molecule is CCN(CC(N)=NO)C(=O)Oc1ccccc1. The Balaban J connectivity index is 2.61. The van der Waals surface area contributed by atoms with E-state index in [1.54, 1.807) is 31.2 Å².